The van der Waals surface area contributed by atoms with E-state index in [4.69, 9.17) is 0 Å². The summed E-state index contributed by atoms with van der Waals surface area (Å²) in [7, 11) is 0. The number of hydrogen-bond acceptors (Lipinski definition) is 2. The number of carbonyl (C=O) groups excluding carboxylic acids is 1. The molecular formula is C16H23FN2O. The van der Waals surface area contributed by atoms with Gasteiger partial charge >= 0.3 is 0 Å². The molecule has 1 heterocycles. The van der Waals surface area contributed by atoms with E-state index >= 15 is 0 Å². The number of likely N-dealkylation sites (N-methyl/N-ethyl adjacent to an activating group) is 1. The van der Waals surface area contributed by atoms with Crippen LogP contribution in [0.5, 0.6) is 0 Å². The van der Waals surface area contributed by atoms with E-state index < -0.39 is 0 Å². The number of likely N-dealkylation sites (tertiary alicyclic amines) is 1. The van der Waals surface area contributed by atoms with Gasteiger partial charge in [0.1, 0.15) is 5.82 Å². The predicted molar refractivity (Wildman–Crippen MR) is 79.3 cm³/mol. The number of benzene rings is 1. The summed E-state index contributed by atoms with van der Waals surface area (Å²) in [6.07, 6.45) is 4.62. The van der Waals surface area contributed by atoms with Crippen molar-refractivity contribution in [2.75, 3.05) is 31.1 Å². The van der Waals surface area contributed by atoms with E-state index in [-0.39, 0.29) is 11.7 Å². The fourth-order valence-corrected chi connectivity index (χ4v) is 2.64. The van der Waals surface area contributed by atoms with Gasteiger partial charge in [0.2, 0.25) is 5.91 Å². The molecule has 1 aliphatic rings. The summed E-state index contributed by atoms with van der Waals surface area (Å²) in [5.41, 5.74) is 0.774. The molecule has 20 heavy (non-hydrogen) atoms. The summed E-state index contributed by atoms with van der Waals surface area (Å²) < 4.78 is 13.3. The van der Waals surface area contributed by atoms with E-state index in [1.807, 2.05) is 22.8 Å². The van der Waals surface area contributed by atoms with Crippen molar-refractivity contribution in [2.45, 2.75) is 32.6 Å². The van der Waals surface area contributed by atoms with Crippen LogP contribution in [0, 0.1) is 5.82 Å². The lowest BCUT2D eigenvalue weighted by Crippen LogP contribution is -2.41. The Morgan fingerprint density at radius 2 is 1.95 bits per heavy atom. The third kappa shape index (κ3) is 3.95. The van der Waals surface area contributed by atoms with Gasteiger partial charge in [-0.15, -0.1) is 0 Å². The van der Waals surface area contributed by atoms with Crippen LogP contribution >= 0.6 is 0 Å². The maximum atomic E-state index is 13.3. The lowest BCUT2D eigenvalue weighted by Gasteiger charge is -2.27. The van der Waals surface area contributed by atoms with Gasteiger partial charge in [-0.25, -0.2) is 4.39 Å². The van der Waals surface area contributed by atoms with E-state index in [1.54, 1.807) is 6.07 Å². The first kappa shape index (κ1) is 14.8. The van der Waals surface area contributed by atoms with Gasteiger partial charge in [0.25, 0.3) is 0 Å². The molecule has 0 unspecified atom stereocenters. The smallest absolute Gasteiger partial charge is 0.242 e. The third-order valence-corrected chi connectivity index (χ3v) is 3.84. The molecule has 1 aromatic carbocycles. The van der Waals surface area contributed by atoms with Gasteiger partial charge in [0.05, 0.1) is 6.54 Å². The SMILES string of the molecule is CCN(CC(=O)N1CCCCCC1)c1cccc(F)c1. The molecular weight excluding hydrogens is 255 g/mol. The topological polar surface area (TPSA) is 23.6 Å². The molecule has 1 fully saturated rings. The van der Waals surface area contributed by atoms with Gasteiger partial charge in [-0.2, -0.15) is 0 Å². The minimum atomic E-state index is -0.261. The molecule has 0 bridgehead atoms. The largest absolute Gasteiger partial charge is 0.362 e. The maximum absolute atomic E-state index is 13.3. The molecule has 110 valence electrons. The average Bonchev–Trinajstić information content (AvgIpc) is 2.73. The maximum Gasteiger partial charge on any atom is 0.242 e. The highest BCUT2D eigenvalue weighted by Crippen LogP contribution is 2.16. The zero-order chi connectivity index (χ0) is 14.4. The van der Waals surface area contributed by atoms with Gasteiger partial charge in [-0.3, -0.25) is 4.79 Å². The lowest BCUT2D eigenvalue weighted by atomic mass is 10.2. The Balaban J connectivity index is 2.00. The summed E-state index contributed by atoms with van der Waals surface area (Å²) in [5.74, 6) is -0.110. The van der Waals surface area contributed by atoms with Crippen LogP contribution in [0.25, 0.3) is 0 Å². The van der Waals surface area contributed by atoms with Crippen molar-refractivity contribution in [3.8, 4) is 0 Å². The van der Waals surface area contributed by atoms with Crippen molar-refractivity contribution >= 4 is 11.6 Å². The zero-order valence-corrected chi connectivity index (χ0v) is 12.1. The minimum Gasteiger partial charge on any atom is -0.362 e. The molecule has 0 atom stereocenters. The number of nitrogens with zero attached hydrogens (tertiary/aromatic N) is 2. The fraction of sp³-hybridized carbons (Fsp3) is 0.562. The van der Waals surface area contributed by atoms with Crippen LogP contribution in [0.4, 0.5) is 10.1 Å². The molecule has 2 rings (SSSR count). The van der Waals surface area contributed by atoms with Crippen LogP contribution < -0.4 is 4.90 Å². The van der Waals surface area contributed by atoms with Crippen molar-refractivity contribution in [1.82, 2.24) is 4.90 Å². The second-order valence-corrected chi connectivity index (χ2v) is 5.29. The average molecular weight is 278 g/mol. The molecule has 1 amide bonds. The number of halogens is 1. The van der Waals surface area contributed by atoms with E-state index in [2.05, 4.69) is 0 Å². The highest BCUT2D eigenvalue weighted by atomic mass is 19.1. The number of rotatable bonds is 4. The second kappa shape index (κ2) is 7.27. The summed E-state index contributed by atoms with van der Waals surface area (Å²) in [6.45, 7) is 4.74. The molecule has 0 radical (unpaired) electrons. The molecule has 4 heteroatoms. The van der Waals surface area contributed by atoms with E-state index in [9.17, 15) is 9.18 Å². The van der Waals surface area contributed by atoms with Crippen molar-refractivity contribution < 1.29 is 9.18 Å². The number of hydrogen-bond donors (Lipinski definition) is 0. The molecule has 0 aromatic heterocycles. The highest BCUT2D eigenvalue weighted by Gasteiger charge is 2.18. The van der Waals surface area contributed by atoms with Gasteiger partial charge in [0.15, 0.2) is 0 Å². The van der Waals surface area contributed by atoms with E-state index in [1.165, 1.54) is 25.0 Å². The monoisotopic (exact) mass is 278 g/mol. The molecule has 1 saturated heterocycles. The van der Waals surface area contributed by atoms with Gasteiger partial charge in [-0.1, -0.05) is 18.9 Å². The molecule has 1 aromatic rings. The molecule has 0 spiro atoms. The summed E-state index contributed by atoms with van der Waals surface area (Å²) in [4.78, 5) is 16.2. The second-order valence-electron chi connectivity index (χ2n) is 5.29. The Hall–Kier alpha value is -1.58. The van der Waals surface area contributed by atoms with Gasteiger partial charge in [0, 0.05) is 25.3 Å². The van der Waals surface area contributed by atoms with Crippen molar-refractivity contribution in [3.63, 3.8) is 0 Å². The standard InChI is InChI=1S/C16H23FN2O/c1-2-18(15-9-7-8-14(17)12-15)13-16(20)19-10-5-3-4-6-11-19/h7-9,12H,2-6,10-11,13H2,1H3. The van der Waals surface area contributed by atoms with Crippen molar-refractivity contribution in [2.24, 2.45) is 0 Å². The number of carbonyl (C=O) groups is 1. The number of amides is 1. The predicted octanol–water partition coefficient (Wildman–Crippen LogP) is 3.05. The quantitative estimate of drug-likeness (QED) is 0.845. The minimum absolute atomic E-state index is 0.151. The normalized spacial score (nSPS) is 15.8. The summed E-state index contributed by atoms with van der Waals surface area (Å²) in [6, 6.07) is 6.44. The molecule has 0 aliphatic carbocycles. The Bertz CT molecular complexity index is 442. The molecule has 0 saturated carbocycles. The fourth-order valence-electron chi connectivity index (χ4n) is 2.64. The molecule has 0 N–H and O–H groups in total. The van der Waals surface area contributed by atoms with Crippen LogP contribution in [0.1, 0.15) is 32.6 Å². The van der Waals surface area contributed by atoms with Crippen LogP contribution in [0.2, 0.25) is 0 Å². The van der Waals surface area contributed by atoms with E-state index in [0.29, 0.717) is 13.1 Å². The molecule has 3 nitrogen and oxygen atoms in total. The highest BCUT2D eigenvalue weighted by molar-refractivity contribution is 5.81. The van der Waals surface area contributed by atoms with Gasteiger partial charge in [-0.05, 0) is 38.0 Å². The zero-order valence-electron chi connectivity index (χ0n) is 12.1. The van der Waals surface area contributed by atoms with Crippen molar-refractivity contribution in [1.29, 1.82) is 0 Å². The van der Waals surface area contributed by atoms with Gasteiger partial charge < -0.3 is 9.80 Å². The van der Waals surface area contributed by atoms with Crippen LogP contribution in [0.15, 0.2) is 24.3 Å². The van der Waals surface area contributed by atoms with Crippen molar-refractivity contribution in [3.05, 3.63) is 30.1 Å². The van der Waals surface area contributed by atoms with Crippen LogP contribution in [-0.2, 0) is 4.79 Å². The third-order valence-electron chi connectivity index (χ3n) is 3.84. The first-order chi connectivity index (χ1) is 9.70. The van der Waals surface area contributed by atoms with E-state index in [0.717, 1.165) is 31.6 Å². The Labute approximate surface area is 120 Å². The first-order valence-corrected chi connectivity index (χ1v) is 7.49. The first-order valence-electron chi connectivity index (χ1n) is 7.49. The lowest BCUT2D eigenvalue weighted by molar-refractivity contribution is -0.129. The summed E-state index contributed by atoms with van der Waals surface area (Å²) >= 11 is 0. The Morgan fingerprint density at radius 1 is 1.25 bits per heavy atom. The number of anilines is 1. The Kier molecular flexibility index (Phi) is 5.39. The van der Waals surface area contributed by atoms with Crippen LogP contribution in [0.3, 0.4) is 0 Å². The Morgan fingerprint density at radius 3 is 2.55 bits per heavy atom. The molecule has 1 aliphatic heterocycles. The van der Waals surface area contributed by atoms with Crippen LogP contribution in [-0.4, -0.2) is 37.0 Å². The summed E-state index contributed by atoms with van der Waals surface area (Å²) in [5, 5.41) is 0.